The summed E-state index contributed by atoms with van der Waals surface area (Å²) in [5.74, 6) is 1.53. The highest BCUT2D eigenvalue weighted by molar-refractivity contribution is 6.16. The van der Waals surface area contributed by atoms with Crippen LogP contribution in [0.5, 0.6) is 0 Å². The maximum absolute atomic E-state index is 5.87. The monoisotopic (exact) mass is 264 g/mol. The lowest BCUT2D eigenvalue weighted by atomic mass is 10.1. The Morgan fingerprint density at radius 3 is 2.44 bits per heavy atom. The number of hydrogen-bond acceptors (Lipinski definition) is 1. The Morgan fingerprint density at radius 2 is 1.94 bits per heavy atom. The Kier molecular flexibility index (Phi) is 7.86. The van der Waals surface area contributed by atoms with Gasteiger partial charge in [-0.25, -0.2) is 4.98 Å². The van der Waals surface area contributed by atoms with Gasteiger partial charge in [0, 0.05) is 12.2 Å². The zero-order valence-corrected chi connectivity index (χ0v) is 12.0. The number of aryl methyl sites for hydroxylation is 1. The van der Waals surface area contributed by atoms with Crippen molar-refractivity contribution >= 4 is 24.0 Å². The van der Waals surface area contributed by atoms with Crippen LogP contribution in [0, 0.1) is 6.92 Å². The zero-order valence-electron chi connectivity index (χ0n) is 10.4. The molecule has 0 bridgehead atoms. The van der Waals surface area contributed by atoms with Crippen molar-refractivity contribution in [1.82, 2.24) is 9.55 Å². The fraction of sp³-hybridized carbons (Fsp3) is 0.750. The third-order valence-corrected chi connectivity index (χ3v) is 3.04. The number of nitrogens with zero attached hydrogens (tertiary/aromatic N) is 2. The van der Waals surface area contributed by atoms with Gasteiger partial charge in [-0.1, -0.05) is 19.8 Å². The van der Waals surface area contributed by atoms with Gasteiger partial charge in [-0.15, -0.1) is 24.0 Å². The van der Waals surface area contributed by atoms with E-state index in [1.54, 1.807) is 0 Å². The highest BCUT2D eigenvalue weighted by Gasteiger charge is 2.11. The summed E-state index contributed by atoms with van der Waals surface area (Å²) in [7, 11) is 0. The molecule has 4 heteroatoms. The van der Waals surface area contributed by atoms with Gasteiger partial charge in [0.05, 0.1) is 11.6 Å². The van der Waals surface area contributed by atoms with Crippen LogP contribution in [0.2, 0.25) is 0 Å². The summed E-state index contributed by atoms with van der Waals surface area (Å²) >= 11 is 5.87. The van der Waals surface area contributed by atoms with Crippen LogP contribution in [-0.4, -0.2) is 9.55 Å². The second-order valence-corrected chi connectivity index (χ2v) is 4.16. The number of aromatic nitrogens is 2. The zero-order chi connectivity index (χ0) is 11.3. The molecule has 94 valence electrons. The Bertz CT molecular complexity index is 308. The van der Waals surface area contributed by atoms with E-state index in [2.05, 4.69) is 30.3 Å². The molecule has 0 aliphatic rings. The predicted molar refractivity (Wildman–Crippen MR) is 72.7 cm³/mol. The number of hydrogen-bond donors (Lipinski definition) is 0. The molecule has 0 aromatic carbocycles. The van der Waals surface area contributed by atoms with E-state index in [1.807, 2.05) is 0 Å². The molecule has 1 heterocycles. The third kappa shape index (κ3) is 3.67. The highest BCUT2D eigenvalue weighted by atomic mass is 35.5. The van der Waals surface area contributed by atoms with Crippen molar-refractivity contribution in [3.05, 3.63) is 17.2 Å². The van der Waals surface area contributed by atoms with Gasteiger partial charge in [-0.3, -0.25) is 0 Å². The predicted octanol–water partition coefficient (Wildman–Crippen LogP) is 4.10. The van der Waals surface area contributed by atoms with Crippen molar-refractivity contribution in [3.8, 4) is 0 Å². The number of imidazole rings is 1. The number of halogens is 2. The molecular weight excluding hydrogens is 243 g/mol. The van der Waals surface area contributed by atoms with Gasteiger partial charge in [0.2, 0.25) is 0 Å². The molecule has 0 unspecified atom stereocenters. The Labute approximate surface area is 110 Å². The molecule has 0 saturated carbocycles. The molecule has 0 aliphatic heterocycles. The lowest BCUT2D eigenvalue weighted by Crippen LogP contribution is -2.05. The smallest absolute Gasteiger partial charge is 0.124 e. The molecule has 0 saturated heterocycles. The van der Waals surface area contributed by atoms with Gasteiger partial charge in [-0.2, -0.15) is 0 Å². The van der Waals surface area contributed by atoms with Crippen LogP contribution >= 0.6 is 24.0 Å². The van der Waals surface area contributed by atoms with Gasteiger partial charge in [0.1, 0.15) is 5.82 Å². The topological polar surface area (TPSA) is 17.8 Å². The molecule has 0 aliphatic carbocycles. The minimum absolute atomic E-state index is 0. The minimum Gasteiger partial charge on any atom is -0.331 e. The van der Waals surface area contributed by atoms with Gasteiger partial charge in [0.25, 0.3) is 0 Å². The largest absolute Gasteiger partial charge is 0.331 e. The molecule has 0 amide bonds. The van der Waals surface area contributed by atoms with E-state index in [0.29, 0.717) is 5.88 Å². The van der Waals surface area contributed by atoms with Crippen LogP contribution in [0.1, 0.15) is 50.3 Å². The van der Waals surface area contributed by atoms with Crippen molar-refractivity contribution in [2.45, 2.75) is 58.9 Å². The lowest BCUT2D eigenvalue weighted by Gasteiger charge is -2.08. The average molecular weight is 265 g/mol. The summed E-state index contributed by atoms with van der Waals surface area (Å²) in [6, 6.07) is 0. The van der Waals surface area contributed by atoms with Gasteiger partial charge in [-0.05, 0) is 26.7 Å². The Balaban J connectivity index is 0.00000225. The van der Waals surface area contributed by atoms with Crippen LogP contribution in [0.25, 0.3) is 0 Å². The molecule has 0 spiro atoms. The van der Waals surface area contributed by atoms with Gasteiger partial charge >= 0.3 is 0 Å². The van der Waals surface area contributed by atoms with Gasteiger partial charge < -0.3 is 4.57 Å². The second kappa shape index (κ2) is 7.97. The summed E-state index contributed by atoms with van der Waals surface area (Å²) < 4.78 is 2.26. The van der Waals surface area contributed by atoms with E-state index in [0.717, 1.165) is 24.5 Å². The first-order chi connectivity index (χ1) is 7.24. The number of unbranched alkanes of at least 4 members (excludes halogenated alkanes) is 2. The van der Waals surface area contributed by atoms with Crippen LogP contribution in [0.3, 0.4) is 0 Å². The molecule has 1 rings (SSSR count). The van der Waals surface area contributed by atoms with E-state index in [-0.39, 0.29) is 12.4 Å². The van der Waals surface area contributed by atoms with E-state index >= 15 is 0 Å². The fourth-order valence-electron chi connectivity index (χ4n) is 2.00. The van der Waals surface area contributed by atoms with Crippen molar-refractivity contribution in [2.75, 3.05) is 0 Å². The maximum Gasteiger partial charge on any atom is 0.124 e. The first-order valence-electron chi connectivity index (χ1n) is 5.85. The van der Waals surface area contributed by atoms with Crippen LogP contribution in [0.4, 0.5) is 0 Å². The molecule has 0 atom stereocenters. The molecule has 0 fully saturated rings. The fourth-order valence-corrected chi connectivity index (χ4v) is 2.21. The molecule has 1 aromatic rings. The van der Waals surface area contributed by atoms with E-state index in [1.165, 1.54) is 25.0 Å². The second-order valence-electron chi connectivity index (χ2n) is 3.90. The van der Waals surface area contributed by atoms with Crippen LogP contribution in [-0.2, 0) is 18.8 Å². The van der Waals surface area contributed by atoms with E-state index in [4.69, 9.17) is 11.6 Å². The van der Waals surface area contributed by atoms with Crippen molar-refractivity contribution in [3.63, 3.8) is 0 Å². The summed E-state index contributed by atoms with van der Waals surface area (Å²) in [5, 5.41) is 0. The third-order valence-electron chi connectivity index (χ3n) is 2.80. The van der Waals surface area contributed by atoms with Crippen molar-refractivity contribution < 1.29 is 0 Å². The number of rotatable bonds is 6. The summed E-state index contributed by atoms with van der Waals surface area (Å²) in [5.41, 5.74) is 2.53. The normalized spacial score (nSPS) is 10.2. The Morgan fingerprint density at radius 1 is 1.25 bits per heavy atom. The van der Waals surface area contributed by atoms with Crippen LogP contribution < -0.4 is 0 Å². The molecular formula is C12H22Cl2N2. The summed E-state index contributed by atoms with van der Waals surface area (Å²) in [4.78, 5) is 4.51. The average Bonchev–Trinajstić information content (AvgIpc) is 2.55. The highest BCUT2D eigenvalue weighted by Crippen LogP contribution is 2.16. The van der Waals surface area contributed by atoms with Gasteiger partial charge in [0.15, 0.2) is 0 Å². The summed E-state index contributed by atoms with van der Waals surface area (Å²) in [6.07, 6.45) is 4.95. The first kappa shape index (κ1) is 15.8. The molecule has 0 N–H and O–H groups in total. The standard InChI is InChI=1S/C12H21ClN2.ClH/c1-4-6-7-8-11-10(3)14-12(9-13)15(11)5-2;/h4-9H2,1-3H3;1H. The molecule has 2 nitrogen and oxygen atoms in total. The first-order valence-corrected chi connectivity index (χ1v) is 6.38. The number of alkyl halides is 1. The van der Waals surface area contributed by atoms with Crippen molar-refractivity contribution in [2.24, 2.45) is 0 Å². The molecule has 16 heavy (non-hydrogen) atoms. The Hall–Kier alpha value is -0.210. The quantitative estimate of drug-likeness (QED) is 0.559. The maximum atomic E-state index is 5.87. The van der Waals surface area contributed by atoms with Crippen molar-refractivity contribution in [1.29, 1.82) is 0 Å². The lowest BCUT2D eigenvalue weighted by molar-refractivity contribution is 0.639. The molecule has 0 radical (unpaired) electrons. The van der Waals surface area contributed by atoms with E-state index in [9.17, 15) is 0 Å². The minimum atomic E-state index is 0. The summed E-state index contributed by atoms with van der Waals surface area (Å²) in [6.45, 7) is 7.45. The molecule has 1 aromatic heterocycles. The van der Waals surface area contributed by atoms with E-state index < -0.39 is 0 Å². The van der Waals surface area contributed by atoms with Crippen LogP contribution in [0.15, 0.2) is 0 Å². The SMILES string of the molecule is CCCCCc1c(C)nc(CCl)n1CC.Cl.